The molecule has 1 unspecified atom stereocenters. The molecule has 2 heteroatoms. The summed E-state index contributed by atoms with van der Waals surface area (Å²) in [5, 5.41) is 9.51. The molecule has 0 saturated heterocycles. The molecule has 1 N–H and O–H groups in total. The maximum absolute atomic E-state index is 9.51. The molecule has 1 nitrogen and oxygen atoms in total. The van der Waals surface area contributed by atoms with Crippen molar-refractivity contribution in [2.75, 3.05) is 0 Å². The van der Waals surface area contributed by atoms with E-state index in [1.54, 1.807) is 6.92 Å². The van der Waals surface area contributed by atoms with Crippen molar-refractivity contribution in [1.82, 2.24) is 0 Å². The van der Waals surface area contributed by atoms with Gasteiger partial charge in [0.05, 0.1) is 0 Å². The maximum Gasteiger partial charge on any atom is 0.123 e. The van der Waals surface area contributed by atoms with Gasteiger partial charge >= 0.3 is 0 Å². The summed E-state index contributed by atoms with van der Waals surface area (Å²) in [5.41, 5.74) is -0.796. The summed E-state index contributed by atoms with van der Waals surface area (Å²) >= 11 is 1.94. The van der Waals surface area contributed by atoms with Crippen LogP contribution in [0.4, 0.5) is 0 Å². The van der Waals surface area contributed by atoms with Gasteiger partial charge in [-0.05, 0) is 23.2 Å². The zero-order valence-electron chi connectivity index (χ0n) is 6.61. The molecular weight excluding hydrogens is 239 g/mol. The fourth-order valence-electron chi connectivity index (χ4n) is 0.948. The van der Waals surface area contributed by atoms with Gasteiger partial charge in [0.1, 0.15) is 5.60 Å². The lowest BCUT2D eigenvalue weighted by molar-refractivity contribution is 0.0977. The van der Waals surface area contributed by atoms with E-state index < -0.39 is 5.60 Å². The number of hydrogen-bond acceptors (Lipinski definition) is 1. The van der Waals surface area contributed by atoms with Crippen LogP contribution in [0.2, 0.25) is 0 Å². The third-order valence-electron chi connectivity index (χ3n) is 1.12. The minimum atomic E-state index is -0.796. The molecular formula is C8H13IO. The Morgan fingerprint density at radius 3 is 2.40 bits per heavy atom. The molecule has 0 amide bonds. The highest BCUT2D eigenvalue weighted by Gasteiger charge is 2.17. The Kier molecular flexibility index (Phi) is 4.30. The van der Waals surface area contributed by atoms with Crippen molar-refractivity contribution in [3.05, 3.63) is 0 Å². The van der Waals surface area contributed by atoms with Gasteiger partial charge < -0.3 is 5.11 Å². The third kappa shape index (κ3) is 5.07. The molecule has 0 bridgehead atoms. The number of hydrogen-bond donors (Lipinski definition) is 1. The van der Waals surface area contributed by atoms with E-state index in [1.807, 2.05) is 22.6 Å². The molecule has 0 aliphatic heterocycles. The van der Waals surface area contributed by atoms with Crippen molar-refractivity contribution < 1.29 is 5.11 Å². The van der Waals surface area contributed by atoms with E-state index in [1.165, 1.54) is 0 Å². The Labute approximate surface area is 76.3 Å². The Morgan fingerprint density at radius 2 is 2.10 bits per heavy atom. The van der Waals surface area contributed by atoms with Gasteiger partial charge in [-0.3, -0.25) is 0 Å². The number of aliphatic hydroxyl groups is 1. The lowest BCUT2D eigenvalue weighted by atomic mass is 9.95. The van der Waals surface area contributed by atoms with Crippen molar-refractivity contribution in [3.63, 3.8) is 0 Å². The zero-order chi connectivity index (χ0) is 8.20. The van der Waals surface area contributed by atoms with Gasteiger partial charge in [-0.1, -0.05) is 19.8 Å². The molecule has 0 aliphatic rings. The minimum Gasteiger partial charge on any atom is -0.378 e. The van der Waals surface area contributed by atoms with Crippen molar-refractivity contribution in [2.24, 2.45) is 5.92 Å². The first kappa shape index (κ1) is 10.2. The summed E-state index contributed by atoms with van der Waals surface area (Å²) in [6, 6.07) is 0. The molecule has 0 spiro atoms. The van der Waals surface area contributed by atoms with E-state index >= 15 is 0 Å². The smallest absolute Gasteiger partial charge is 0.123 e. The van der Waals surface area contributed by atoms with Crippen LogP contribution < -0.4 is 0 Å². The second-order valence-corrected chi connectivity index (χ2v) is 3.63. The first-order chi connectivity index (χ1) is 4.48. The van der Waals surface area contributed by atoms with Crippen molar-refractivity contribution in [2.45, 2.75) is 32.8 Å². The van der Waals surface area contributed by atoms with Crippen molar-refractivity contribution >= 4 is 22.6 Å². The topological polar surface area (TPSA) is 20.2 Å². The monoisotopic (exact) mass is 252 g/mol. The quantitative estimate of drug-likeness (QED) is 0.590. The van der Waals surface area contributed by atoms with Crippen LogP contribution >= 0.6 is 22.6 Å². The summed E-state index contributed by atoms with van der Waals surface area (Å²) in [5.74, 6) is 3.24. The average Bonchev–Trinajstić information content (AvgIpc) is 1.59. The molecule has 0 saturated carbocycles. The van der Waals surface area contributed by atoms with E-state index in [0.717, 1.165) is 6.42 Å². The number of rotatable bonds is 2. The minimum absolute atomic E-state index is 0.493. The molecule has 0 rings (SSSR count). The highest BCUT2D eigenvalue weighted by molar-refractivity contribution is 14.1. The summed E-state index contributed by atoms with van der Waals surface area (Å²) in [6.45, 7) is 5.89. The Bertz CT molecular complexity index is 150. The zero-order valence-corrected chi connectivity index (χ0v) is 8.77. The van der Waals surface area contributed by atoms with Gasteiger partial charge in [0.2, 0.25) is 0 Å². The lowest BCUT2D eigenvalue weighted by Gasteiger charge is -2.17. The van der Waals surface area contributed by atoms with Crippen LogP contribution in [0.15, 0.2) is 0 Å². The summed E-state index contributed by atoms with van der Waals surface area (Å²) in [6.07, 6.45) is 0.739. The van der Waals surface area contributed by atoms with Crippen LogP contribution in [0.25, 0.3) is 0 Å². The van der Waals surface area contributed by atoms with Crippen LogP contribution in [0, 0.1) is 15.8 Å². The highest BCUT2D eigenvalue weighted by atomic mass is 127. The SMILES string of the molecule is CC(C)CC(C)(O)C#CI. The highest BCUT2D eigenvalue weighted by Crippen LogP contribution is 2.14. The molecule has 0 fully saturated rings. The standard InChI is InChI=1S/C8H13IO/c1-7(2)6-8(3,10)4-5-9/h7,10H,6H2,1-3H3. The van der Waals surface area contributed by atoms with Crippen LogP contribution in [0.3, 0.4) is 0 Å². The van der Waals surface area contributed by atoms with Crippen LogP contribution in [0.5, 0.6) is 0 Å². The normalized spacial score (nSPS) is 15.8. The van der Waals surface area contributed by atoms with Crippen LogP contribution in [-0.2, 0) is 0 Å². The molecule has 0 aliphatic carbocycles. The first-order valence-corrected chi connectivity index (χ1v) is 4.41. The fraction of sp³-hybridized carbons (Fsp3) is 0.750. The van der Waals surface area contributed by atoms with Crippen molar-refractivity contribution in [3.8, 4) is 9.85 Å². The van der Waals surface area contributed by atoms with Crippen LogP contribution in [0.1, 0.15) is 27.2 Å². The molecule has 0 aromatic heterocycles. The maximum atomic E-state index is 9.51. The van der Waals surface area contributed by atoms with E-state index in [2.05, 4.69) is 23.7 Å². The average molecular weight is 252 g/mol. The molecule has 0 aromatic carbocycles. The largest absolute Gasteiger partial charge is 0.378 e. The van der Waals surface area contributed by atoms with Crippen LogP contribution in [-0.4, -0.2) is 10.7 Å². The summed E-state index contributed by atoms with van der Waals surface area (Å²) in [7, 11) is 0. The Hall–Kier alpha value is 0.250. The van der Waals surface area contributed by atoms with E-state index in [9.17, 15) is 5.11 Å². The van der Waals surface area contributed by atoms with E-state index in [0.29, 0.717) is 5.92 Å². The molecule has 10 heavy (non-hydrogen) atoms. The second-order valence-electron chi connectivity index (χ2n) is 3.09. The van der Waals surface area contributed by atoms with Crippen molar-refractivity contribution in [1.29, 1.82) is 0 Å². The van der Waals surface area contributed by atoms with Gasteiger partial charge in [-0.25, -0.2) is 0 Å². The fourth-order valence-corrected chi connectivity index (χ4v) is 1.53. The molecule has 0 aromatic rings. The molecule has 58 valence electrons. The Balaban J connectivity index is 3.95. The Morgan fingerprint density at radius 1 is 1.60 bits per heavy atom. The predicted molar refractivity (Wildman–Crippen MR) is 51.9 cm³/mol. The van der Waals surface area contributed by atoms with E-state index in [-0.39, 0.29) is 0 Å². The lowest BCUT2D eigenvalue weighted by Crippen LogP contribution is -2.23. The van der Waals surface area contributed by atoms with Gasteiger partial charge in [-0.2, -0.15) is 0 Å². The van der Waals surface area contributed by atoms with Gasteiger partial charge in [0.15, 0.2) is 0 Å². The van der Waals surface area contributed by atoms with E-state index in [4.69, 9.17) is 0 Å². The second kappa shape index (κ2) is 4.20. The van der Waals surface area contributed by atoms with Gasteiger partial charge in [0.25, 0.3) is 0 Å². The van der Waals surface area contributed by atoms with Gasteiger partial charge in [0, 0.05) is 22.6 Å². The number of halogens is 1. The summed E-state index contributed by atoms with van der Waals surface area (Å²) in [4.78, 5) is 0. The molecule has 1 atom stereocenters. The first-order valence-electron chi connectivity index (χ1n) is 3.33. The van der Waals surface area contributed by atoms with Gasteiger partial charge in [-0.15, -0.1) is 0 Å². The molecule has 0 radical (unpaired) electrons. The predicted octanol–water partition coefficient (Wildman–Crippen LogP) is 2.18. The molecule has 0 heterocycles. The summed E-state index contributed by atoms with van der Waals surface area (Å²) < 4.78 is 2.68. The third-order valence-corrected chi connectivity index (χ3v) is 1.39.